The number of rotatable bonds is 4. The zero-order valence-electron chi connectivity index (χ0n) is 13.3. The summed E-state index contributed by atoms with van der Waals surface area (Å²) in [7, 11) is 0. The summed E-state index contributed by atoms with van der Waals surface area (Å²) in [5.74, 6) is -0.0416. The summed E-state index contributed by atoms with van der Waals surface area (Å²) in [6.07, 6.45) is 3.96. The predicted molar refractivity (Wildman–Crippen MR) is 89.8 cm³/mol. The lowest BCUT2D eigenvalue weighted by Crippen LogP contribution is -2.25. The van der Waals surface area contributed by atoms with Crippen LogP contribution in [0.5, 0.6) is 0 Å². The molecule has 2 aromatic heterocycles. The molecule has 1 N–H and O–H groups in total. The van der Waals surface area contributed by atoms with Crippen LogP contribution in [-0.4, -0.2) is 31.9 Å². The van der Waals surface area contributed by atoms with Crippen molar-refractivity contribution in [1.29, 1.82) is 0 Å². The monoisotopic (exact) mass is 319 g/mol. The molecule has 1 amide bonds. The molecule has 0 saturated heterocycles. The molecule has 1 aromatic carbocycles. The normalized spacial score (nSPS) is 13.7. The van der Waals surface area contributed by atoms with E-state index in [1.807, 2.05) is 49.5 Å². The molecule has 6 nitrogen and oxygen atoms in total. The van der Waals surface area contributed by atoms with Crippen molar-refractivity contribution >= 4 is 5.91 Å². The van der Waals surface area contributed by atoms with E-state index in [9.17, 15) is 4.79 Å². The molecule has 1 fully saturated rings. The fourth-order valence-electron chi connectivity index (χ4n) is 2.48. The minimum absolute atomic E-state index is 0.0416. The highest BCUT2D eigenvalue weighted by Gasteiger charge is 2.23. The van der Waals surface area contributed by atoms with Gasteiger partial charge in [-0.2, -0.15) is 0 Å². The van der Waals surface area contributed by atoms with E-state index >= 15 is 0 Å². The third-order valence-corrected chi connectivity index (χ3v) is 3.93. The van der Waals surface area contributed by atoms with Gasteiger partial charge >= 0.3 is 0 Å². The van der Waals surface area contributed by atoms with Crippen LogP contribution in [0, 0.1) is 6.92 Å². The minimum Gasteiger partial charge on any atom is -0.349 e. The van der Waals surface area contributed by atoms with Crippen LogP contribution in [0.3, 0.4) is 0 Å². The number of aryl methyl sites for hydroxylation is 1. The molecular formula is C18H17N5O. The lowest BCUT2D eigenvalue weighted by molar-refractivity contribution is 0.0951. The third kappa shape index (κ3) is 3.03. The maximum absolute atomic E-state index is 12.2. The van der Waals surface area contributed by atoms with E-state index in [-0.39, 0.29) is 5.91 Å². The number of hydrogen-bond donors (Lipinski definition) is 1. The highest BCUT2D eigenvalue weighted by atomic mass is 16.1. The van der Waals surface area contributed by atoms with Gasteiger partial charge in [0.2, 0.25) is 0 Å². The van der Waals surface area contributed by atoms with Crippen LogP contribution in [0.15, 0.2) is 48.7 Å². The van der Waals surface area contributed by atoms with Crippen LogP contribution in [0.25, 0.3) is 17.1 Å². The topological polar surface area (TPSA) is 72.7 Å². The van der Waals surface area contributed by atoms with Gasteiger partial charge in [0.15, 0.2) is 0 Å². The molecule has 120 valence electrons. The molecule has 1 aliphatic rings. The second kappa shape index (κ2) is 5.88. The summed E-state index contributed by atoms with van der Waals surface area (Å²) < 4.78 is 1.66. The molecule has 0 aliphatic heterocycles. The largest absolute Gasteiger partial charge is 0.349 e. The Morgan fingerprint density at radius 2 is 2.00 bits per heavy atom. The maximum atomic E-state index is 12.2. The molecule has 6 heteroatoms. The van der Waals surface area contributed by atoms with E-state index < -0.39 is 0 Å². The Kier molecular flexibility index (Phi) is 3.57. The van der Waals surface area contributed by atoms with Crippen LogP contribution >= 0.6 is 0 Å². The first kappa shape index (κ1) is 14.6. The van der Waals surface area contributed by atoms with Crippen molar-refractivity contribution in [3.8, 4) is 17.1 Å². The van der Waals surface area contributed by atoms with Crippen molar-refractivity contribution in [2.45, 2.75) is 25.8 Å². The average molecular weight is 319 g/mol. The fraction of sp³-hybridized carbons (Fsp3) is 0.222. The Bertz CT molecular complexity index is 898. The molecule has 0 atom stereocenters. The molecule has 4 rings (SSSR count). The van der Waals surface area contributed by atoms with Crippen molar-refractivity contribution < 1.29 is 4.79 Å². The Labute approximate surface area is 139 Å². The SMILES string of the molecule is Cc1cccc(-c2cn(-c3cccc(C(=O)NC4CC4)c3)nn2)n1. The van der Waals surface area contributed by atoms with Crippen molar-refractivity contribution in [1.82, 2.24) is 25.3 Å². The van der Waals surface area contributed by atoms with Crippen molar-refractivity contribution in [3.63, 3.8) is 0 Å². The summed E-state index contributed by atoms with van der Waals surface area (Å²) in [5.41, 5.74) is 3.84. The summed E-state index contributed by atoms with van der Waals surface area (Å²) in [5, 5.41) is 11.3. The first-order valence-electron chi connectivity index (χ1n) is 7.97. The number of carbonyl (C=O) groups excluding carboxylic acids is 1. The Morgan fingerprint density at radius 1 is 1.17 bits per heavy atom. The molecule has 2 heterocycles. The second-order valence-corrected chi connectivity index (χ2v) is 6.01. The van der Waals surface area contributed by atoms with Crippen molar-refractivity contribution in [3.05, 3.63) is 59.9 Å². The van der Waals surface area contributed by atoms with E-state index in [4.69, 9.17) is 0 Å². The van der Waals surface area contributed by atoms with Crippen molar-refractivity contribution in [2.24, 2.45) is 0 Å². The van der Waals surface area contributed by atoms with Gasteiger partial charge < -0.3 is 5.32 Å². The van der Waals surface area contributed by atoms with E-state index in [0.29, 0.717) is 17.3 Å². The molecule has 0 radical (unpaired) electrons. The van der Waals surface area contributed by atoms with Gasteiger partial charge in [0.25, 0.3) is 5.91 Å². The van der Waals surface area contributed by atoms with Crippen LogP contribution < -0.4 is 5.32 Å². The number of hydrogen-bond acceptors (Lipinski definition) is 4. The molecule has 1 saturated carbocycles. The van der Waals surface area contributed by atoms with E-state index in [1.165, 1.54) is 0 Å². The van der Waals surface area contributed by atoms with Gasteiger partial charge in [0.05, 0.1) is 17.6 Å². The lowest BCUT2D eigenvalue weighted by atomic mass is 10.2. The molecule has 0 bridgehead atoms. The van der Waals surface area contributed by atoms with E-state index in [1.54, 1.807) is 10.7 Å². The maximum Gasteiger partial charge on any atom is 0.251 e. The summed E-state index contributed by atoms with van der Waals surface area (Å²) in [6, 6.07) is 13.5. The predicted octanol–water partition coefficient (Wildman–Crippen LogP) is 2.53. The zero-order chi connectivity index (χ0) is 16.5. The number of pyridine rings is 1. The molecule has 24 heavy (non-hydrogen) atoms. The van der Waals surface area contributed by atoms with Crippen molar-refractivity contribution in [2.75, 3.05) is 0 Å². The highest BCUT2D eigenvalue weighted by molar-refractivity contribution is 5.95. The average Bonchev–Trinajstić information content (AvgIpc) is 3.26. The van der Waals surface area contributed by atoms with Gasteiger partial charge in [-0.15, -0.1) is 5.10 Å². The standard InChI is InChI=1S/C18H17N5O/c1-12-4-2-7-16(19-12)17-11-23(22-21-17)15-6-3-5-13(10-15)18(24)20-14-8-9-14/h2-7,10-11,14H,8-9H2,1H3,(H,20,24). The van der Waals surface area contributed by atoms with Gasteiger partial charge in [-0.3, -0.25) is 9.78 Å². The third-order valence-electron chi connectivity index (χ3n) is 3.93. The molecule has 3 aromatic rings. The highest BCUT2D eigenvalue weighted by Crippen LogP contribution is 2.20. The smallest absolute Gasteiger partial charge is 0.251 e. The lowest BCUT2D eigenvalue weighted by Gasteiger charge is -2.05. The first-order valence-corrected chi connectivity index (χ1v) is 7.97. The van der Waals surface area contributed by atoms with Crippen LogP contribution in [0.1, 0.15) is 28.9 Å². The van der Waals surface area contributed by atoms with Gasteiger partial charge in [-0.05, 0) is 50.1 Å². The van der Waals surface area contributed by atoms with E-state index in [0.717, 1.165) is 29.9 Å². The molecule has 0 spiro atoms. The van der Waals surface area contributed by atoms with Gasteiger partial charge in [0, 0.05) is 17.3 Å². The Hall–Kier alpha value is -3.02. The number of amides is 1. The number of aromatic nitrogens is 4. The molecule has 0 unspecified atom stereocenters. The second-order valence-electron chi connectivity index (χ2n) is 6.01. The van der Waals surface area contributed by atoms with Crippen LogP contribution in [0.2, 0.25) is 0 Å². The van der Waals surface area contributed by atoms with Crippen LogP contribution in [0.4, 0.5) is 0 Å². The number of nitrogens with one attached hydrogen (secondary N) is 1. The fourth-order valence-corrected chi connectivity index (χ4v) is 2.48. The summed E-state index contributed by atoms with van der Waals surface area (Å²) >= 11 is 0. The Balaban J connectivity index is 1.61. The Morgan fingerprint density at radius 3 is 2.79 bits per heavy atom. The van der Waals surface area contributed by atoms with Gasteiger partial charge in [-0.1, -0.05) is 17.3 Å². The van der Waals surface area contributed by atoms with E-state index in [2.05, 4.69) is 20.6 Å². The zero-order valence-corrected chi connectivity index (χ0v) is 13.3. The minimum atomic E-state index is -0.0416. The van der Waals surface area contributed by atoms with Gasteiger partial charge in [-0.25, -0.2) is 4.68 Å². The van der Waals surface area contributed by atoms with Crippen LogP contribution in [-0.2, 0) is 0 Å². The number of benzene rings is 1. The first-order chi connectivity index (χ1) is 11.7. The van der Waals surface area contributed by atoms with Gasteiger partial charge in [0.1, 0.15) is 5.69 Å². The summed E-state index contributed by atoms with van der Waals surface area (Å²) in [4.78, 5) is 16.6. The summed E-state index contributed by atoms with van der Waals surface area (Å²) in [6.45, 7) is 1.94. The quantitative estimate of drug-likeness (QED) is 0.802. The molecular weight excluding hydrogens is 302 g/mol. The number of carbonyl (C=O) groups is 1. The number of nitrogens with zero attached hydrogens (tertiary/aromatic N) is 4. The molecule has 1 aliphatic carbocycles.